The van der Waals surface area contributed by atoms with Gasteiger partial charge in [-0.2, -0.15) is 0 Å². The lowest BCUT2D eigenvalue weighted by molar-refractivity contribution is 0.0526. The molecule has 1 aliphatic carbocycles. The molecule has 0 aliphatic heterocycles. The number of thiophene rings is 1. The first-order valence-electron chi connectivity index (χ1n) is 11.1. The van der Waals surface area contributed by atoms with E-state index in [0.717, 1.165) is 40.7 Å². The second-order valence-electron chi connectivity index (χ2n) is 8.34. The zero-order valence-electron chi connectivity index (χ0n) is 18.5. The molecule has 168 valence electrons. The Hall–Kier alpha value is -3.45. The third-order valence-electron chi connectivity index (χ3n) is 5.99. The van der Waals surface area contributed by atoms with Crippen molar-refractivity contribution in [3.63, 3.8) is 0 Å². The number of esters is 1. The molecule has 0 fully saturated rings. The van der Waals surface area contributed by atoms with Gasteiger partial charge in [0.1, 0.15) is 10.5 Å². The molecule has 7 heteroatoms. The van der Waals surface area contributed by atoms with E-state index in [2.05, 4.69) is 17.4 Å². The van der Waals surface area contributed by atoms with Crippen molar-refractivity contribution in [1.82, 2.24) is 5.16 Å². The summed E-state index contributed by atoms with van der Waals surface area (Å²) in [6, 6.07) is 14.9. The molecular weight excluding hydrogens is 436 g/mol. The number of ether oxygens (including phenoxy) is 1. The average Bonchev–Trinajstić information content (AvgIpc) is 3.40. The highest BCUT2D eigenvalue weighted by Crippen LogP contribution is 2.40. The molecular formula is C26H24N2O4S. The number of anilines is 1. The maximum absolute atomic E-state index is 13.2. The minimum Gasteiger partial charge on any atom is -0.462 e. The number of benzene rings is 2. The van der Waals surface area contributed by atoms with Gasteiger partial charge in [0.05, 0.1) is 17.6 Å². The molecule has 5 rings (SSSR count). The summed E-state index contributed by atoms with van der Waals surface area (Å²) in [4.78, 5) is 27.1. The van der Waals surface area contributed by atoms with E-state index in [0.29, 0.717) is 39.9 Å². The molecule has 0 saturated carbocycles. The average molecular weight is 461 g/mol. The smallest absolute Gasteiger partial charge is 0.341 e. The Labute approximate surface area is 195 Å². The van der Waals surface area contributed by atoms with Crippen LogP contribution in [-0.2, 0) is 17.6 Å². The second kappa shape index (κ2) is 8.83. The van der Waals surface area contributed by atoms with Gasteiger partial charge in [0.2, 0.25) is 0 Å². The van der Waals surface area contributed by atoms with Crippen LogP contribution in [0.1, 0.15) is 51.4 Å². The highest BCUT2D eigenvalue weighted by molar-refractivity contribution is 7.17. The third kappa shape index (κ3) is 4.04. The highest BCUT2D eigenvalue weighted by Gasteiger charge is 2.29. The van der Waals surface area contributed by atoms with Crippen LogP contribution in [0.3, 0.4) is 0 Å². The van der Waals surface area contributed by atoms with Gasteiger partial charge < -0.3 is 14.6 Å². The van der Waals surface area contributed by atoms with Crippen LogP contribution in [-0.4, -0.2) is 23.6 Å². The molecule has 0 radical (unpaired) electrons. The van der Waals surface area contributed by atoms with E-state index in [4.69, 9.17) is 9.26 Å². The van der Waals surface area contributed by atoms with Crippen molar-refractivity contribution in [2.24, 2.45) is 5.92 Å². The summed E-state index contributed by atoms with van der Waals surface area (Å²) in [7, 11) is 0. The van der Waals surface area contributed by atoms with Gasteiger partial charge in [-0.3, -0.25) is 4.79 Å². The maximum Gasteiger partial charge on any atom is 0.341 e. The number of nitrogens with zero attached hydrogens (tertiary/aromatic N) is 1. The normalized spacial score (nSPS) is 15.3. The Morgan fingerprint density at radius 1 is 1.21 bits per heavy atom. The lowest BCUT2D eigenvalue weighted by atomic mass is 9.88. The summed E-state index contributed by atoms with van der Waals surface area (Å²) in [5, 5.41) is 8.43. The Bertz CT molecular complexity index is 1340. The Morgan fingerprint density at radius 3 is 2.82 bits per heavy atom. The van der Waals surface area contributed by atoms with Crippen LogP contribution >= 0.6 is 11.3 Å². The minimum atomic E-state index is -0.374. The number of carbonyl (C=O) groups excluding carboxylic acids is 2. The summed E-state index contributed by atoms with van der Waals surface area (Å²) in [6.07, 6.45) is 2.76. The number of carbonyl (C=O) groups is 2. The predicted octanol–water partition coefficient (Wildman–Crippen LogP) is 6.11. The highest BCUT2D eigenvalue weighted by atomic mass is 32.1. The molecule has 2 heterocycles. The van der Waals surface area contributed by atoms with Crippen molar-refractivity contribution in [2.45, 2.75) is 33.1 Å². The maximum atomic E-state index is 13.2. The van der Waals surface area contributed by atoms with Gasteiger partial charge in [0.15, 0.2) is 5.76 Å². The van der Waals surface area contributed by atoms with Crippen molar-refractivity contribution in [1.29, 1.82) is 0 Å². The molecule has 2 aromatic heterocycles. The molecule has 1 amide bonds. The molecule has 0 bridgehead atoms. The molecule has 0 saturated heterocycles. The van der Waals surface area contributed by atoms with Gasteiger partial charge in [0.25, 0.3) is 5.91 Å². The number of aromatic nitrogens is 1. The Kier molecular flexibility index (Phi) is 5.72. The number of fused-ring (bicyclic) bond motifs is 2. The molecule has 2 aromatic carbocycles. The third-order valence-corrected chi connectivity index (χ3v) is 7.16. The molecule has 4 aromatic rings. The van der Waals surface area contributed by atoms with E-state index in [1.54, 1.807) is 25.1 Å². The first kappa shape index (κ1) is 21.4. The largest absolute Gasteiger partial charge is 0.462 e. The van der Waals surface area contributed by atoms with Crippen LogP contribution in [0, 0.1) is 5.92 Å². The minimum absolute atomic E-state index is 0.283. The second-order valence-corrected chi connectivity index (χ2v) is 9.45. The van der Waals surface area contributed by atoms with Gasteiger partial charge in [0, 0.05) is 16.0 Å². The molecule has 33 heavy (non-hydrogen) atoms. The van der Waals surface area contributed by atoms with Gasteiger partial charge >= 0.3 is 5.97 Å². The van der Waals surface area contributed by atoms with E-state index in [1.807, 2.05) is 30.3 Å². The van der Waals surface area contributed by atoms with E-state index in [9.17, 15) is 9.59 Å². The molecule has 1 unspecified atom stereocenters. The zero-order valence-corrected chi connectivity index (χ0v) is 19.3. The predicted molar refractivity (Wildman–Crippen MR) is 129 cm³/mol. The first-order chi connectivity index (χ1) is 16.0. The fraction of sp³-hybridized carbons (Fsp3) is 0.269. The molecule has 1 N–H and O–H groups in total. The summed E-state index contributed by atoms with van der Waals surface area (Å²) >= 11 is 1.48. The summed E-state index contributed by atoms with van der Waals surface area (Å²) in [5.74, 6) is 0.519. The topological polar surface area (TPSA) is 81.4 Å². The van der Waals surface area contributed by atoms with Gasteiger partial charge in [-0.1, -0.05) is 42.4 Å². The van der Waals surface area contributed by atoms with Crippen LogP contribution in [0.2, 0.25) is 0 Å². The summed E-state index contributed by atoms with van der Waals surface area (Å²) < 4.78 is 10.9. The van der Waals surface area contributed by atoms with Crippen molar-refractivity contribution in [2.75, 3.05) is 11.9 Å². The quantitative estimate of drug-likeness (QED) is 0.363. The monoisotopic (exact) mass is 460 g/mol. The SMILES string of the molecule is CCOC(=O)c1c(NC(=O)c2ccc3noc(-c4ccccc4)c3c2)sc2c1CCC(C)C2. The van der Waals surface area contributed by atoms with E-state index in [-0.39, 0.29) is 11.9 Å². The lowest BCUT2D eigenvalue weighted by Crippen LogP contribution is -2.16. The fourth-order valence-corrected chi connectivity index (χ4v) is 5.71. The van der Waals surface area contributed by atoms with E-state index < -0.39 is 0 Å². The molecule has 6 nitrogen and oxygen atoms in total. The molecule has 1 aliphatic rings. The standard InChI is InChI=1S/C26H24N2O4S/c1-3-31-26(30)22-18-11-9-15(2)13-21(18)33-25(22)27-24(29)17-10-12-20-19(14-17)23(32-28-20)16-7-5-4-6-8-16/h4-8,10,12,14-15H,3,9,11,13H2,1-2H3,(H,27,29). The van der Waals surface area contributed by atoms with Crippen molar-refractivity contribution in [3.05, 3.63) is 70.1 Å². The van der Waals surface area contributed by atoms with Crippen molar-refractivity contribution < 1.29 is 18.8 Å². The van der Waals surface area contributed by atoms with Gasteiger partial charge in [-0.15, -0.1) is 11.3 Å². The van der Waals surface area contributed by atoms with E-state index in [1.165, 1.54) is 11.3 Å². The number of amides is 1. The molecule has 1 atom stereocenters. The summed E-state index contributed by atoms with van der Waals surface area (Å²) in [6.45, 7) is 4.29. The number of rotatable bonds is 5. The van der Waals surface area contributed by atoms with Crippen LogP contribution in [0.15, 0.2) is 53.1 Å². The Balaban J connectivity index is 1.49. The van der Waals surface area contributed by atoms with Gasteiger partial charge in [-0.05, 0) is 55.9 Å². The zero-order chi connectivity index (χ0) is 22.9. The lowest BCUT2D eigenvalue weighted by Gasteiger charge is -2.18. The number of hydrogen-bond donors (Lipinski definition) is 1. The van der Waals surface area contributed by atoms with Crippen LogP contribution in [0.4, 0.5) is 5.00 Å². The van der Waals surface area contributed by atoms with Crippen LogP contribution < -0.4 is 5.32 Å². The fourth-order valence-electron chi connectivity index (χ4n) is 4.31. The first-order valence-corrected chi connectivity index (χ1v) is 11.9. The number of hydrogen-bond acceptors (Lipinski definition) is 6. The number of nitrogens with one attached hydrogen (secondary N) is 1. The van der Waals surface area contributed by atoms with Crippen molar-refractivity contribution >= 4 is 39.1 Å². The summed E-state index contributed by atoms with van der Waals surface area (Å²) in [5.41, 5.74) is 3.57. The molecule has 0 spiro atoms. The van der Waals surface area contributed by atoms with Crippen molar-refractivity contribution in [3.8, 4) is 11.3 Å². The Morgan fingerprint density at radius 2 is 2.03 bits per heavy atom. The van der Waals surface area contributed by atoms with Crippen LogP contribution in [0.5, 0.6) is 0 Å². The van der Waals surface area contributed by atoms with E-state index >= 15 is 0 Å². The van der Waals surface area contributed by atoms with Crippen LogP contribution in [0.25, 0.3) is 22.2 Å². The van der Waals surface area contributed by atoms with Gasteiger partial charge in [-0.25, -0.2) is 4.79 Å².